The molecule has 5 heteroatoms. The van der Waals surface area contributed by atoms with Crippen LogP contribution in [0, 0.1) is 5.41 Å². The van der Waals surface area contributed by atoms with Crippen LogP contribution >= 0.6 is 0 Å². The van der Waals surface area contributed by atoms with Gasteiger partial charge in [-0.1, -0.05) is 0 Å². The molecule has 0 fully saturated rings. The van der Waals surface area contributed by atoms with Gasteiger partial charge in [-0.3, -0.25) is 5.41 Å². The Hall–Kier alpha value is -2.30. The normalized spacial score (nSPS) is 10.2. The third kappa shape index (κ3) is 1.87. The maximum Gasteiger partial charge on any atom is 0.145 e. The Morgan fingerprint density at radius 2 is 1.76 bits per heavy atom. The van der Waals surface area contributed by atoms with Crippen LogP contribution in [0.15, 0.2) is 24.3 Å². The molecule has 2 rings (SSSR count). The fourth-order valence-electron chi connectivity index (χ4n) is 1.66. The number of hydrogen-bond acceptors (Lipinski definition) is 4. The van der Waals surface area contributed by atoms with Crippen molar-refractivity contribution in [3.8, 4) is 11.5 Å². The van der Waals surface area contributed by atoms with Gasteiger partial charge in [0.1, 0.15) is 28.5 Å². The number of amidine groups is 1. The minimum Gasteiger partial charge on any atom is -0.496 e. The van der Waals surface area contributed by atoms with Gasteiger partial charge >= 0.3 is 0 Å². The fourth-order valence-corrected chi connectivity index (χ4v) is 1.66. The zero-order valence-electron chi connectivity index (χ0n) is 9.65. The number of aromatic nitrogens is 1. The summed E-state index contributed by atoms with van der Waals surface area (Å²) in [6.45, 7) is 0. The second-order valence-corrected chi connectivity index (χ2v) is 3.48. The zero-order valence-corrected chi connectivity index (χ0v) is 9.65. The second kappa shape index (κ2) is 4.29. The number of benzene rings is 1. The summed E-state index contributed by atoms with van der Waals surface area (Å²) in [5.74, 6) is 1.27. The molecule has 0 atom stereocenters. The van der Waals surface area contributed by atoms with Gasteiger partial charge in [0.25, 0.3) is 0 Å². The predicted molar refractivity (Wildman–Crippen MR) is 65.9 cm³/mol. The maximum absolute atomic E-state index is 7.38. The summed E-state index contributed by atoms with van der Waals surface area (Å²) < 4.78 is 10.5. The molecule has 0 spiro atoms. The number of hydrogen-bond donors (Lipinski definition) is 2. The van der Waals surface area contributed by atoms with E-state index in [2.05, 4.69) is 4.98 Å². The molecule has 5 nitrogen and oxygen atoms in total. The lowest BCUT2D eigenvalue weighted by atomic mass is 10.1. The van der Waals surface area contributed by atoms with E-state index in [9.17, 15) is 0 Å². The topological polar surface area (TPSA) is 81.2 Å². The number of nitrogens with two attached hydrogens (primary N) is 1. The molecule has 1 aromatic heterocycles. The van der Waals surface area contributed by atoms with Crippen LogP contribution in [-0.2, 0) is 0 Å². The van der Waals surface area contributed by atoms with E-state index in [0.29, 0.717) is 22.7 Å². The predicted octanol–water partition coefficient (Wildman–Crippen LogP) is 1.54. The van der Waals surface area contributed by atoms with E-state index in [4.69, 9.17) is 20.6 Å². The average Bonchev–Trinajstić information content (AvgIpc) is 2.36. The van der Waals surface area contributed by atoms with Gasteiger partial charge in [-0.2, -0.15) is 0 Å². The van der Waals surface area contributed by atoms with Crippen LogP contribution in [0.4, 0.5) is 0 Å². The first-order valence-corrected chi connectivity index (χ1v) is 5.03. The van der Waals surface area contributed by atoms with Crippen molar-refractivity contribution >= 4 is 16.7 Å². The third-order valence-corrected chi connectivity index (χ3v) is 2.50. The molecule has 0 radical (unpaired) electrons. The van der Waals surface area contributed by atoms with Crippen LogP contribution in [0.5, 0.6) is 11.5 Å². The minimum atomic E-state index is -0.0724. The number of nitrogen functional groups attached to an aromatic ring is 1. The Kier molecular flexibility index (Phi) is 2.82. The van der Waals surface area contributed by atoms with E-state index >= 15 is 0 Å². The van der Waals surface area contributed by atoms with Gasteiger partial charge in [-0.25, -0.2) is 4.98 Å². The highest BCUT2D eigenvalue weighted by Crippen LogP contribution is 2.31. The van der Waals surface area contributed by atoms with Gasteiger partial charge in [-0.05, 0) is 24.3 Å². The van der Waals surface area contributed by atoms with Crippen molar-refractivity contribution < 1.29 is 9.47 Å². The smallest absolute Gasteiger partial charge is 0.145 e. The van der Waals surface area contributed by atoms with E-state index in [1.54, 1.807) is 26.4 Å². The van der Waals surface area contributed by atoms with Crippen LogP contribution in [0.3, 0.4) is 0 Å². The number of nitrogens with one attached hydrogen (secondary N) is 1. The number of rotatable bonds is 3. The number of nitrogens with zero attached hydrogens (tertiary/aromatic N) is 1. The molecule has 17 heavy (non-hydrogen) atoms. The lowest BCUT2D eigenvalue weighted by Crippen LogP contribution is -2.13. The molecule has 0 saturated heterocycles. The molecule has 2 aromatic rings. The zero-order chi connectivity index (χ0) is 12.4. The van der Waals surface area contributed by atoms with Crippen molar-refractivity contribution in [2.24, 2.45) is 5.73 Å². The summed E-state index contributed by atoms with van der Waals surface area (Å²) >= 11 is 0. The molecule has 3 N–H and O–H groups in total. The molecule has 1 heterocycles. The molecule has 0 bridgehead atoms. The van der Waals surface area contributed by atoms with Crippen molar-refractivity contribution in [3.05, 3.63) is 30.0 Å². The summed E-state index contributed by atoms with van der Waals surface area (Å²) in [6, 6.07) is 7.10. The van der Waals surface area contributed by atoms with Crippen molar-refractivity contribution in [2.45, 2.75) is 0 Å². The van der Waals surface area contributed by atoms with Crippen LogP contribution in [0.2, 0.25) is 0 Å². The van der Waals surface area contributed by atoms with Gasteiger partial charge in [-0.15, -0.1) is 0 Å². The van der Waals surface area contributed by atoms with Gasteiger partial charge in [0.05, 0.1) is 14.2 Å². The highest BCUT2D eigenvalue weighted by molar-refractivity contribution is 5.98. The Labute approximate surface area is 98.7 Å². The Balaban J connectivity index is 2.77. The summed E-state index contributed by atoms with van der Waals surface area (Å²) in [4.78, 5) is 4.30. The van der Waals surface area contributed by atoms with Gasteiger partial charge in [0.15, 0.2) is 0 Å². The van der Waals surface area contributed by atoms with E-state index in [-0.39, 0.29) is 5.84 Å². The summed E-state index contributed by atoms with van der Waals surface area (Å²) in [7, 11) is 3.17. The molecule has 0 aliphatic carbocycles. The summed E-state index contributed by atoms with van der Waals surface area (Å²) in [6.07, 6.45) is 0. The standard InChI is InChI=1S/C12H13N3O2/c1-16-9-5-6-10(17-2)11-7(9)3-4-8(15-11)12(13)14/h3-6H,1-2H3,(H3,13,14). The molecule has 1 aromatic carbocycles. The monoisotopic (exact) mass is 231 g/mol. The van der Waals surface area contributed by atoms with Crippen LogP contribution < -0.4 is 15.2 Å². The van der Waals surface area contributed by atoms with Crippen LogP contribution in [-0.4, -0.2) is 25.0 Å². The first kappa shape index (κ1) is 11.2. The van der Waals surface area contributed by atoms with E-state index in [1.165, 1.54) is 0 Å². The fraction of sp³-hybridized carbons (Fsp3) is 0.167. The van der Waals surface area contributed by atoms with Gasteiger partial charge in [0, 0.05) is 5.39 Å². The average molecular weight is 231 g/mol. The van der Waals surface area contributed by atoms with Gasteiger partial charge in [0.2, 0.25) is 0 Å². The lowest BCUT2D eigenvalue weighted by molar-refractivity contribution is 0.409. The molecule has 0 aliphatic rings. The molecular weight excluding hydrogens is 218 g/mol. The molecule has 0 saturated carbocycles. The maximum atomic E-state index is 7.38. The lowest BCUT2D eigenvalue weighted by Gasteiger charge is -2.09. The molecular formula is C12H13N3O2. The van der Waals surface area contributed by atoms with Crippen molar-refractivity contribution in [1.82, 2.24) is 4.98 Å². The number of pyridine rings is 1. The van der Waals surface area contributed by atoms with Gasteiger partial charge < -0.3 is 15.2 Å². The quantitative estimate of drug-likeness (QED) is 0.620. The summed E-state index contributed by atoms with van der Waals surface area (Å²) in [5, 5.41) is 8.21. The van der Waals surface area contributed by atoms with E-state index in [1.807, 2.05) is 12.1 Å². The first-order valence-electron chi connectivity index (χ1n) is 5.03. The highest BCUT2D eigenvalue weighted by Gasteiger charge is 2.10. The molecule has 88 valence electrons. The molecule has 0 amide bonds. The van der Waals surface area contributed by atoms with Crippen molar-refractivity contribution in [2.75, 3.05) is 14.2 Å². The Morgan fingerprint density at radius 1 is 1.12 bits per heavy atom. The van der Waals surface area contributed by atoms with Crippen molar-refractivity contribution in [3.63, 3.8) is 0 Å². The van der Waals surface area contributed by atoms with Crippen LogP contribution in [0.25, 0.3) is 10.9 Å². The van der Waals surface area contributed by atoms with Crippen LogP contribution in [0.1, 0.15) is 5.69 Å². The molecule has 0 unspecified atom stereocenters. The van der Waals surface area contributed by atoms with E-state index < -0.39 is 0 Å². The number of fused-ring (bicyclic) bond motifs is 1. The Morgan fingerprint density at radius 3 is 2.35 bits per heavy atom. The SMILES string of the molecule is COc1ccc(OC)c2nc(C(=N)N)ccc12. The second-order valence-electron chi connectivity index (χ2n) is 3.48. The first-order chi connectivity index (χ1) is 8.17. The number of ether oxygens (including phenoxy) is 2. The van der Waals surface area contributed by atoms with E-state index in [0.717, 1.165) is 5.39 Å². The third-order valence-electron chi connectivity index (χ3n) is 2.50. The molecule has 0 aliphatic heterocycles. The summed E-state index contributed by atoms with van der Waals surface area (Å²) in [5.41, 5.74) is 6.47. The Bertz CT molecular complexity index is 581. The highest BCUT2D eigenvalue weighted by atomic mass is 16.5. The largest absolute Gasteiger partial charge is 0.496 e. The van der Waals surface area contributed by atoms with Crippen molar-refractivity contribution in [1.29, 1.82) is 5.41 Å². The number of methoxy groups -OCH3 is 2. The minimum absolute atomic E-state index is 0.0724.